The Bertz CT molecular complexity index is 1610. The Morgan fingerprint density at radius 1 is 0.717 bits per heavy atom. The first-order valence-electron chi connectivity index (χ1n) is 16.3. The van der Waals surface area contributed by atoms with Crippen molar-refractivity contribution in [3.05, 3.63) is 65.7 Å². The Morgan fingerprint density at radius 3 is 1.79 bits per heavy atom. The fourth-order valence-corrected chi connectivity index (χ4v) is 4.89. The number of carboxylic acids is 2. The molecule has 5 amide bonds. The average Bonchev–Trinajstić information content (AvgIpc) is 3.11. The van der Waals surface area contributed by atoms with Crippen LogP contribution in [0.15, 0.2) is 59.6 Å². The van der Waals surface area contributed by atoms with Crippen LogP contribution in [-0.4, -0.2) is 112 Å². The summed E-state index contributed by atoms with van der Waals surface area (Å²) in [6.07, 6.45) is -0.928. The summed E-state index contributed by atoms with van der Waals surface area (Å²) < 4.78 is 0. The van der Waals surface area contributed by atoms with Gasteiger partial charge in [0.2, 0.25) is 29.5 Å². The van der Waals surface area contributed by atoms with E-state index in [-0.39, 0.29) is 49.7 Å². The van der Waals surface area contributed by atoms with Gasteiger partial charge in [-0.25, -0.2) is 4.79 Å². The normalized spacial score (nSPS) is 13.5. The van der Waals surface area contributed by atoms with Crippen LogP contribution in [0.4, 0.5) is 0 Å². The summed E-state index contributed by atoms with van der Waals surface area (Å²) in [4.78, 5) is 92.2. The number of aliphatic carboxylic acids is 2. The topological polar surface area (TPSA) is 331 Å². The van der Waals surface area contributed by atoms with Crippen LogP contribution in [0.25, 0.3) is 0 Å². The van der Waals surface area contributed by atoms with Gasteiger partial charge in [-0.1, -0.05) is 42.5 Å². The zero-order chi connectivity index (χ0) is 39.5. The van der Waals surface area contributed by atoms with Crippen molar-refractivity contribution in [2.45, 2.75) is 62.3 Å². The largest absolute Gasteiger partial charge is 0.508 e. The molecule has 2 aromatic rings. The van der Waals surface area contributed by atoms with Gasteiger partial charge >= 0.3 is 11.9 Å². The highest BCUT2D eigenvalue weighted by molar-refractivity contribution is 7.80. The molecule has 0 radical (unpaired) electrons. The van der Waals surface area contributed by atoms with Crippen molar-refractivity contribution in [3.63, 3.8) is 0 Å². The highest BCUT2D eigenvalue weighted by atomic mass is 32.1. The summed E-state index contributed by atoms with van der Waals surface area (Å²) in [7, 11) is 0. The van der Waals surface area contributed by atoms with E-state index in [9.17, 15) is 43.8 Å². The predicted molar refractivity (Wildman–Crippen MR) is 194 cm³/mol. The first-order valence-corrected chi connectivity index (χ1v) is 16.9. The van der Waals surface area contributed by atoms with Crippen molar-refractivity contribution >= 4 is 60.1 Å². The first kappa shape index (κ1) is 43.3. The number of rotatable bonds is 22. The van der Waals surface area contributed by atoms with Gasteiger partial charge in [0.05, 0.1) is 19.0 Å². The summed E-state index contributed by atoms with van der Waals surface area (Å²) in [5.74, 6) is -7.51. The van der Waals surface area contributed by atoms with Crippen molar-refractivity contribution in [2.75, 3.05) is 18.8 Å². The molecule has 19 nitrogen and oxygen atoms in total. The molecule has 0 aliphatic carbocycles. The highest BCUT2D eigenvalue weighted by Gasteiger charge is 2.31. The molecule has 0 saturated carbocycles. The lowest BCUT2D eigenvalue weighted by Crippen LogP contribution is -2.59. The van der Waals surface area contributed by atoms with E-state index in [0.29, 0.717) is 11.1 Å². The van der Waals surface area contributed by atoms with Gasteiger partial charge in [0, 0.05) is 25.1 Å². The molecule has 0 heterocycles. The quantitative estimate of drug-likeness (QED) is 0.0249. The summed E-state index contributed by atoms with van der Waals surface area (Å²) in [6.45, 7) is -0.716. The Balaban J connectivity index is 2.35. The number of nitrogens with one attached hydrogen (secondary N) is 5. The number of guanidine groups is 1. The van der Waals surface area contributed by atoms with E-state index in [0.717, 1.165) is 0 Å². The highest BCUT2D eigenvalue weighted by Crippen LogP contribution is 2.13. The van der Waals surface area contributed by atoms with Crippen molar-refractivity contribution in [1.82, 2.24) is 26.6 Å². The minimum absolute atomic E-state index is 0.00579. The van der Waals surface area contributed by atoms with Crippen molar-refractivity contribution < 1.29 is 48.9 Å². The molecule has 0 saturated heterocycles. The number of hydrogen-bond donors (Lipinski definition) is 12. The number of phenolic OH excluding ortho intramolecular Hbond substituents is 1. The number of carbonyl (C=O) groups is 7. The standard InChI is InChI=1S/C33H45N9O10S/c34-21(17-53)28(47)41-23(13-18-5-2-1-3-6-18)31(50)42-24(14-19-8-10-20(43)11-9-19)30(49)40-22(7-4-12-37-33(35)36)29(48)38-16-26(44)39-25(32(51)52)15-27(45)46/h1-3,5-6,8-11,21-25,43,53H,4,7,12-17,34H2,(H,38,48)(H,39,44)(H,40,49)(H,41,47)(H,42,50)(H,45,46)(H,51,52)(H4,35,36,37)/t21-,22-,23-,24-,25-/m0/s1. The second kappa shape index (κ2) is 22.1. The monoisotopic (exact) mass is 759 g/mol. The SMILES string of the molecule is NC(N)=NCCC[C@H](NC(=O)[C@H](Cc1ccc(O)cc1)NC(=O)[C@H](Cc1ccccc1)NC(=O)[C@@H](N)CS)C(=O)NCC(=O)N[C@@H](CC(=O)O)C(=O)O. The third-order valence-corrected chi connectivity index (χ3v) is 7.87. The third-order valence-electron chi connectivity index (χ3n) is 7.47. The Labute approximate surface area is 309 Å². The molecular formula is C33H45N9O10S. The molecule has 0 spiro atoms. The maximum absolute atomic E-state index is 13.9. The van der Waals surface area contributed by atoms with E-state index in [1.807, 2.05) is 5.32 Å². The number of aliphatic imine (C=N–C) groups is 1. The molecule has 0 aromatic heterocycles. The van der Waals surface area contributed by atoms with Crippen molar-refractivity contribution in [2.24, 2.45) is 22.2 Å². The number of hydrogen-bond acceptors (Lipinski definition) is 11. The van der Waals surface area contributed by atoms with Gasteiger partial charge in [-0.15, -0.1) is 0 Å². The summed E-state index contributed by atoms with van der Waals surface area (Å²) in [6, 6.07) is 7.84. The number of nitrogens with two attached hydrogens (primary N) is 3. The van der Waals surface area contributed by atoms with E-state index in [1.54, 1.807) is 30.3 Å². The van der Waals surface area contributed by atoms with E-state index >= 15 is 0 Å². The summed E-state index contributed by atoms with van der Waals surface area (Å²) in [5, 5.41) is 40.0. The fraction of sp³-hybridized carbons (Fsp3) is 0.394. The number of nitrogens with zero attached hydrogens (tertiary/aromatic N) is 1. The van der Waals surface area contributed by atoms with Crippen LogP contribution in [0.2, 0.25) is 0 Å². The molecule has 0 unspecified atom stereocenters. The lowest BCUT2D eigenvalue weighted by Gasteiger charge is -2.26. The molecule has 0 fully saturated rings. The number of benzene rings is 2. The second-order valence-electron chi connectivity index (χ2n) is 11.8. The van der Waals surface area contributed by atoms with Gasteiger partial charge in [-0.3, -0.25) is 33.8 Å². The minimum atomic E-state index is -1.76. The molecule has 20 heteroatoms. The number of carbonyl (C=O) groups excluding carboxylic acids is 5. The molecule has 0 aliphatic rings. The molecule has 53 heavy (non-hydrogen) atoms. The number of aromatic hydroxyl groups is 1. The maximum Gasteiger partial charge on any atom is 0.326 e. The average molecular weight is 760 g/mol. The molecule has 288 valence electrons. The zero-order valence-corrected chi connectivity index (χ0v) is 29.5. The molecular weight excluding hydrogens is 714 g/mol. The van der Waals surface area contributed by atoms with Gasteiger partial charge < -0.3 is 59.1 Å². The van der Waals surface area contributed by atoms with Gasteiger partial charge in [-0.05, 0) is 36.1 Å². The smallest absolute Gasteiger partial charge is 0.326 e. The van der Waals surface area contributed by atoms with Crippen molar-refractivity contribution in [1.29, 1.82) is 0 Å². The van der Waals surface area contributed by atoms with E-state index < -0.39 is 84.6 Å². The van der Waals surface area contributed by atoms with Gasteiger partial charge in [-0.2, -0.15) is 12.6 Å². The van der Waals surface area contributed by atoms with Crippen LogP contribution in [0, 0.1) is 0 Å². The third kappa shape index (κ3) is 16.3. The maximum atomic E-state index is 13.9. The van der Waals surface area contributed by atoms with Crippen LogP contribution in [0.5, 0.6) is 5.75 Å². The van der Waals surface area contributed by atoms with E-state index in [4.69, 9.17) is 22.3 Å². The molecule has 14 N–H and O–H groups in total. The van der Waals surface area contributed by atoms with Crippen LogP contribution in [0.1, 0.15) is 30.4 Å². The van der Waals surface area contributed by atoms with Crippen LogP contribution < -0.4 is 43.8 Å². The molecule has 0 aliphatic heterocycles. The Morgan fingerprint density at radius 2 is 1.26 bits per heavy atom. The number of phenols is 1. The lowest BCUT2D eigenvalue weighted by molar-refractivity contribution is -0.147. The van der Waals surface area contributed by atoms with E-state index in [1.165, 1.54) is 24.3 Å². The molecule has 2 aromatic carbocycles. The predicted octanol–water partition coefficient (Wildman–Crippen LogP) is -2.90. The number of thiol groups is 1. The van der Waals surface area contributed by atoms with Crippen molar-refractivity contribution in [3.8, 4) is 5.75 Å². The van der Waals surface area contributed by atoms with Gasteiger partial charge in [0.25, 0.3) is 0 Å². The van der Waals surface area contributed by atoms with Crippen LogP contribution >= 0.6 is 12.6 Å². The Kier molecular flexibility index (Phi) is 18.1. The molecule has 2 rings (SSSR count). The second-order valence-corrected chi connectivity index (χ2v) is 12.1. The molecule has 5 atom stereocenters. The number of amides is 5. The van der Waals surface area contributed by atoms with Gasteiger partial charge in [0.1, 0.15) is 29.9 Å². The summed E-state index contributed by atoms with van der Waals surface area (Å²) in [5.41, 5.74) is 17.8. The van der Waals surface area contributed by atoms with Gasteiger partial charge in [0.15, 0.2) is 5.96 Å². The fourth-order valence-electron chi connectivity index (χ4n) is 4.73. The molecule has 0 bridgehead atoms. The van der Waals surface area contributed by atoms with Crippen LogP contribution in [-0.2, 0) is 46.4 Å². The summed E-state index contributed by atoms with van der Waals surface area (Å²) >= 11 is 4.05. The Hall–Kier alpha value is -5.89. The lowest BCUT2D eigenvalue weighted by atomic mass is 10.0. The number of carboxylic acid groups (broad SMARTS) is 2. The zero-order valence-electron chi connectivity index (χ0n) is 28.6. The van der Waals surface area contributed by atoms with E-state index in [2.05, 4.69) is 38.9 Å². The first-order chi connectivity index (χ1) is 25.1. The minimum Gasteiger partial charge on any atom is -0.508 e. The van der Waals surface area contributed by atoms with Crippen LogP contribution in [0.3, 0.4) is 0 Å².